The van der Waals surface area contributed by atoms with Gasteiger partial charge in [0.1, 0.15) is 13.2 Å². The van der Waals surface area contributed by atoms with E-state index >= 15 is 0 Å². The molecule has 0 rings (SSSR count). The van der Waals surface area contributed by atoms with Gasteiger partial charge in [-0.15, -0.1) is 0 Å². The molecule has 0 fully saturated rings. The number of hydrogen-bond donors (Lipinski definition) is 0. The SMILES string of the molecule is CC/C=C\C/C=C\C/C=C\C/C=C\C/C=C\C/C=C\C/C=C\CCCCCC(=O)OCC(COC(=O)CCCCCCC/C=C\C/C=C\CCCC)OC(=O)CCCC/C=C\C/C=C\C/C=C\C/C=C\CC. The molecule has 0 radical (unpaired) electrons. The zero-order valence-corrected chi connectivity index (χ0v) is 45.9. The molecular weight excluding hydrogens is 889 g/mol. The molecule has 0 aliphatic rings. The quantitative estimate of drug-likeness (QED) is 0.0262. The second-order valence-corrected chi connectivity index (χ2v) is 18.1. The summed E-state index contributed by atoms with van der Waals surface area (Å²) in [5.74, 6) is -1.02. The highest BCUT2D eigenvalue weighted by Gasteiger charge is 2.19. The molecule has 0 aromatic rings. The van der Waals surface area contributed by atoms with Crippen LogP contribution in [0, 0.1) is 0 Å². The molecule has 72 heavy (non-hydrogen) atoms. The topological polar surface area (TPSA) is 78.9 Å². The number of esters is 3. The van der Waals surface area contributed by atoms with Crippen LogP contribution in [0.4, 0.5) is 0 Å². The molecule has 0 amide bonds. The zero-order chi connectivity index (χ0) is 52.2. The summed E-state index contributed by atoms with van der Waals surface area (Å²) in [6.45, 7) is 6.27. The molecule has 0 spiro atoms. The van der Waals surface area contributed by atoms with Crippen LogP contribution < -0.4 is 0 Å². The second kappa shape index (κ2) is 58.6. The molecule has 0 aromatic carbocycles. The van der Waals surface area contributed by atoms with E-state index in [2.05, 4.69) is 179 Å². The van der Waals surface area contributed by atoms with Crippen LogP contribution >= 0.6 is 0 Å². The Morgan fingerprint density at radius 1 is 0.292 bits per heavy atom. The Morgan fingerprint density at radius 3 is 0.889 bits per heavy atom. The molecule has 0 heterocycles. The van der Waals surface area contributed by atoms with Gasteiger partial charge in [0.2, 0.25) is 0 Å². The van der Waals surface area contributed by atoms with E-state index < -0.39 is 6.10 Å². The Bertz CT molecular complexity index is 1660. The van der Waals surface area contributed by atoms with Crippen molar-refractivity contribution >= 4 is 17.9 Å². The summed E-state index contributed by atoms with van der Waals surface area (Å²) in [6, 6.07) is 0. The Hall–Kier alpha value is -4.97. The minimum atomic E-state index is -0.828. The van der Waals surface area contributed by atoms with E-state index in [0.717, 1.165) is 154 Å². The molecular formula is C66H102O6. The van der Waals surface area contributed by atoms with E-state index in [1.165, 1.54) is 19.3 Å². The van der Waals surface area contributed by atoms with Crippen LogP contribution in [0.15, 0.2) is 158 Å². The number of hydrogen-bond acceptors (Lipinski definition) is 6. The van der Waals surface area contributed by atoms with Crippen molar-refractivity contribution in [1.29, 1.82) is 0 Å². The summed E-state index contributed by atoms with van der Waals surface area (Å²) in [7, 11) is 0. The van der Waals surface area contributed by atoms with E-state index in [1.54, 1.807) is 0 Å². The predicted molar refractivity (Wildman–Crippen MR) is 311 cm³/mol. The minimum absolute atomic E-state index is 0.120. The molecule has 0 saturated carbocycles. The van der Waals surface area contributed by atoms with Gasteiger partial charge in [0, 0.05) is 19.3 Å². The average molecular weight is 992 g/mol. The van der Waals surface area contributed by atoms with Gasteiger partial charge in [0.05, 0.1) is 0 Å². The fourth-order valence-electron chi connectivity index (χ4n) is 7.02. The van der Waals surface area contributed by atoms with Gasteiger partial charge in [-0.1, -0.05) is 217 Å². The number of ether oxygens (including phenoxy) is 3. The van der Waals surface area contributed by atoms with Crippen LogP contribution in [-0.2, 0) is 28.6 Å². The van der Waals surface area contributed by atoms with Gasteiger partial charge < -0.3 is 14.2 Å². The summed E-state index contributed by atoms with van der Waals surface area (Å²) in [5.41, 5.74) is 0. The summed E-state index contributed by atoms with van der Waals surface area (Å²) in [5, 5.41) is 0. The monoisotopic (exact) mass is 991 g/mol. The number of allylic oxidation sites excluding steroid dienone is 26. The molecule has 0 aliphatic carbocycles. The van der Waals surface area contributed by atoms with E-state index in [0.29, 0.717) is 19.3 Å². The fraction of sp³-hybridized carbons (Fsp3) is 0.561. The lowest BCUT2D eigenvalue weighted by atomic mass is 10.1. The molecule has 6 heteroatoms. The summed E-state index contributed by atoms with van der Waals surface area (Å²) >= 11 is 0. The van der Waals surface area contributed by atoms with Gasteiger partial charge in [0.25, 0.3) is 0 Å². The van der Waals surface area contributed by atoms with E-state index in [-0.39, 0.29) is 37.5 Å². The van der Waals surface area contributed by atoms with Crippen molar-refractivity contribution in [2.75, 3.05) is 13.2 Å². The van der Waals surface area contributed by atoms with E-state index in [9.17, 15) is 14.4 Å². The maximum Gasteiger partial charge on any atom is 0.306 e. The van der Waals surface area contributed by atoms with Gasteiger partial charge >= 0.3 is 17.9 Å². The third-order valence-electron chi connectivity index (χ3n) is 11.2. The van der Waals surface area contributed by atoms with Crippen molar-refractivity contribution in [3.05, 3.63) is 158 Å². The summed E-state index contributed by atoms with van der Waals surface area (Å²) in [4.78, 5) is 38.1. The second-order valence-electron chi connectivity index (χ2n) is 18.1. The fourth-order valence-corrected chi connectivity index (χ4v) is 7.02. The standard InChI is InChI=1S/C66H102O6/c1-4-7-10-13-16-19-22-25-28-29-30-31-32-33-34-35-36-37-39-41-44-47-50-53-56-59-65(68)71-62-63(61-70-64(67)58-55-52-49-46-43-40-27-24-21-18-15-12-9-6-3)72-66(69)60-57-54-51-48-45-42-38-26-23-20-17-14-11-8-5-2/h7-8,10-11,15-20,24-28,30-31,33-34,36-38,41,44-45,48,63H,4-6,9,12-14,21-23,29,32,35,39-40,42-43,46-47,49-62H2,1-3H3/b10-7-,11-8-,18-15-,19-16-,20-17-,27-24-,28-25-,31-30-,34-33-,37-36-,38-26-,44-41-,48-45-. The number of unbranched alkanes of at least 4 members (excludes halogenated alkanes) is 12. The molecule has 0 bridgehead atoms. The van der Waals surface area contributed by atoms with Crippen molar-refractivity contribution in [3.63, 3.8) is 0 Å². The highest BCUT2D eigenvalue weighted by atomic mass is 16.6. The number of carbonyl (C=O) groups excluding carboxylic acids is 3. The minimum Gasteiger partial charge on any atom is -0.462 e. The van der Waals surface area contributed by atoms with Gasteiger partial charge in [-0.2, -0.15) is 0 Å². The average Bonchev–Trinajstić information content (AvgIpc) is 3.38. The smallest absolute Gasteiger partial charge is 0.306 e. The summed E-state index contributed by atoms with van der Waals surface area (Å²) in [6.07, 6.45) is 85.2. The molecule has 0 aromatic heterocycles. The van der Waals surface area contributed by atoms with Gasteiger partial charge in [0.15, 0.2) is 6.10 Å². The lowest BCUT2D eigenvalue weighted by Gasteiger charge is -2.18. The van der Waals surface area contributed by atoms with Crippen molar-refractivity contribution < 1.29 is 28.6 Å². The van der Waals surface area contributed by atoms with Gasteiger partial charge in [-0.05, 0) is 141 Å². The Labute approximate surface area is 441 Å². The first-order valence-electron chi connectivity index (χ1n) is 28.5. The maximum atomic E-state index is 12.8. The van der Waals surface area contributed by atoms with Crippen LogP contribution in [0.1, 0.15) is 220 Å². The van der Waals surface area contributed by atoms with Crippen LogP contribution in [0.2, 0.25) is 0 Å². The van der Waals surface area contributed by atoms with Crippen LogP contribution in [0.3, 0.4) is 0 Å². The first-order chi connectivity index (χ1) is 35.5. The van der Waals surface area contributed by atoms with Crippen molar-refractivity contribution in [2.45, 2.75) is 226 Å². The first kappa shape index (κ1) is 67.0. The molecule has 1 atom stereocenters. The predicted octanol–water partition coefficient (Wildman–Crippen LogP) is 19.4. The molecule has 0 saturated heterocycles. The zero-order valence-electron chi connectivity index (χ0n) is 45.9. The van der Waals surface area contributed by atoms with Crippen molar-refractivity contribution in [1.82, 2.24) is 0 Å². The van der Waals surface area contributed by atoms with Crippen LogP contribution in [-0.4, -0.2) is 37.2 Å². The lowest BCUT2D eigenvalue weighted by Crippen LogP contribution is -2.30. The maximum absolute atomic E-state index is 12.8. The van der Waals surface area contributed by atoms with E-state index in [1.807, 2.05) is 0 Å². The Morgan fingerprint density at radius 2 is 0.542 bits per heavy atom. The number of rotatable bonds is 49. The third-order valence-corrected chi connectivity index (χ3v) is 11.2. The highest BCUT2D eigenvalue weighted by Crippen LogP contribution is 2.12. The largest absolute Gasteiger partial charge is 0.462 e. The molecule has 1 unspecified atom stereocenters. The normalized spacial score (nSPS) is 13.3. The van der Waals surface area contributed by atoms with Crippen LogP contribution in [0.5, 0.6) is 0 Å². The van der Waals surface area contributed by atoms with Crippen LogP contribution in [0.25, 0.3) is 0 Å². The molecule has 6 nitrogen and oxygen atoms in total. The third kappa shape index (κ3) is 56.0. The lowest BCUT2D eigenvalue weighted by molar-refractivity contribution is -0.167. The Balaban J connectivity index is 4.52. The van der Waals surface area contributed by atoms with Gasteiger partial charge in [-0.3, -0.25) is 14.4 Å². The molecule has 0 aliphatic heterocycles. The first-order valence-corrected chi connectivity index (χ1v) is 28.5. The summed E-state index contributed by atoms with van der Waals surface area (Å²) < 4.78 is 16.8. The van der Waals surface area contributed by atoms with E-state index in [4.69, 9.17) is 14.2 Å². The van der Waals surface area contributed by atoms with Crippen molar-refractivity contribution in [3.8, 4) is 0 Å². The molecule has 402 valence electrons. The number of carbonyl (C=O) groups is 3. The Kier molecular flexibility index (Phi) is 54.6. The van der Waals surface area contributed by atoms with Gasteiger partial charge in [-0.25, -0.2) is 0 Å². The highest BCUT2D eigenvalue weighted by molar-refractivity contribution is 5.71. The molecule has 0 N–H and O–H groups in total. The van der Waals surface area contributed by atoms with Crippen molar-refractivity contribution in [2.24, 2.45) is 0 Å².